The summed E-state index contributed by atoms with van der Waals surface area (Å²) < 4.78 is 11.8. The maximum absolute atomic E-state index is 13.2. The summed E-state index contributed by atoms with van der Waals surface area (Å²) in [6.07, 6.45) is 2.59. The Morgan fingerprint density at radius 3 is 2.56 bits per heavy atom. The molecule has 3 amide bonds. The fraction of sp³-hybridized carbons (Fsp3) is 0.625. The summed E-state index contributed by atoms with van der Waals surface area (Å²) in [5, 5.41) is 2.73. The number of amides is 3. The van der Waals surface area contributed by atoms with Crippen molar-refractivity contribution in [3.8, 4) is 5.75 Å². The lowest BCUT2D eigenvalue weighted by atomic mass is 10.0. The van der Waals surface area contributed by atoms with Crippen molar-refractivity contribution in [3.63, 3.8) is 0 Å². The molecule has 0 radical (unpaired) electrons. The van der Waals surface area contributed by atoms with Gasteiger partial charge in [-0.25, -0.2) is 0 Å². The van der Waals surface area contributed by atoms with E-state index in [0.29, 0.717) is 42.4 Å². The molecule has 1 aliphatic carbocycles. The van der Waals surface area contributed by atoms with E-state index in [0.717, 1.165) is 12.8 Å². The van der Waals surface area contributed by atoms with Crippen LogP contribution in [0.3, 0.4) is 0 Å². The normalized spacial score (nSPS) is 24.7. The van der Waals surface area contributed by atoms with Gasteiger partial charge in [-0.2, -0.15) is 0 Å². The van der Waals surface area contributed by atoms with Gasteiger partial charge in [-0.15, -0.1) is 0 Å². The number of fused-ring (bicyclic) bond motifs is 1. The van der Waals surface area contributed by atoms with Gasteiger partial charge in [0, 0.05) is 58.3 Å². The molecule has 1 saturated carbocycles. The highest BCUT2D eigenvalue weighted by molar-refractivity contribution is 5.98. The van der Waals surface area contributed by atoms with Crippen LogP contribution in [0, 0.1) is 11.8 Å². The van der Waals surface area contributed by atoms with Crippen molar-refractivity contribution < 1.29 is 23.9 Å². The van der Waals surface area contributed by atoms with E-state index < -0.39 is 0 Å². The number of hydrogen-bond acceptors (Lipinski definition) is 5. The highest BCUT2D eigenvalue weighted by atomic mass is 16.5. The van der Waals surface area contributed by atoms with Gasteiger partial charge in [-0.05, 0) is 37.8 Å². The van der Waals surface area contributed by atoms with Crippen LogP contribution in [0.4, 0.5) is 5.69 Å². The molecule has 176 valence electrons. The van der Waals surface area contributed by atoms with Gasteiger partial charge in [0.15, 0.2) is 0 Å². The maximum atomic E-state index is 13.2. The number of nitrogens with zero attached hydrogens (tertiary/aromatic N) is 2. The molecule has 1 fully saturated rings. The summed E-state index contributed by atoms with van der Waals surface area (Å²) in [5.41, 5.74) is 0.962. The van der Waals surface area contributed by atoms with Gasteiger partial charge in [0.05, 0.1) is 17.7 Å². The Kier molecular flexibility index (Phi) is 7.77. The van der Waals surface area contributed by atoms with Crippen molar-refractivity contribution in [1.29, 1.82) is 0 Å². The number of methoxy groups -OCH3 is 1. The average Bonchev–Trinajstić information content (AvgIpc) is 3.56. The van der Waals surface area contributed by atoms with Crippen LogP contribution in [0.25, 0.3) is 0 Å². The molecule has 0 saturated heterocycles. The predicted molar refractivity (Wildman–Crippen MR) is 122 cm³/mol. The number of ether oxygens (including phenoxy) is 2. The number of carbonyl (C=O) groups excluding carboxylic acids is 3. The summed E-state index contributed by atoms with van der Waals surface area (Å²) in [7, 11) is 3.37. The molecule has 32 heavy (non-hydrogen) atoms. The summed E-state index contributed by atoms with van der Waals surface area (Å²) in [6.45, 7) is 6.62. The van der Waals surface area contributed by atoms with E-state index in [1.54, 1.807) is 37.3 Å². The molecule has 1 N–H and O–H groups in total. The van der Waals surface area contributed by atoms with Crippen molar-refractivity contribution >= 4 is 23.4 Å². The Hall–Kier alpha value is -2.61. The Balaban J connectivity index is 1.93. The van der Waals surface area contributed by atoms with Gasteiger partial charge in [-0.3, -0.25) is 14.4 Å². The predicted octanol–water partition coefficient (Wildman–Crippen LogP) is 2.78. The maximum Gasteiger partial charge on any atom is 0.257 e. The number of likely N-dealkylation sites (N-methyl/N-ethyl adjacent to an activating group) is 1. The fourth-order valence-corrected chi connectivity index (χ4v) is 4.09. The van der Waals surface area contributed by atoms with Crippen molar-refractivity contribution in [1.82, 2.24) is 9.80 Å². The molecular weight excluding hydrogens is 410 g/mol. The number of nitrogens with one attached hydrogen (secondary N) is 1. The Morgan fingerprint density at radius 1 is 1.22 bits per heavy atom. The first-order valence-corrected chi connectivity index (χ1v) is 11.3. The quantitative estimate of drug-likeness (QED) is 0.770. The minimum atomic E-state index is -0.213. The minimum Gasteiger partial charge on any atom is -0.491 e. The Morgan fingerprint density at radius 2 is 1.94 bits per heavy atom. The number of rotatable bonds is 4. The summed E-state index contributed by atoms with van der Waals surface area (Å²) in [6, 6.07) is 4.84. The highest BCUT2D eigenvalue weighted by Gasteiger charge is 2.33. The molecule has 2 aliphatic rings. The lowest BCUT2D eigenvalue weighted by Gasteiger charge is -2.36. The van der Waals surface area contributed by atoms with E-state index in [1.165, 1.54) is 6.92 Å². The molecule has 0 aromatic heterocycles. The van der Waals surface area contributed by atoms with E-state index in [1.807, 2.05) is 11.8 Å². The zero-order valence-corrected chi connectivity index (χ0v) is 19.7. The molecular formula is C24H35N3O5. The van der Waals surface area contributed by atoms with E-state index in [9.17, 15) is 14.4 Å². The van der Waals surface area contributed by atoms with Crippen LogP contribution in [0.2, 0.25) is 0 Å². The molecule has 1 aromatic carbocycles. The standard InChI is InChI=1S/C24H35N3O5/c1-15-12-27(23(29)10-18-6-7-18)16(2)14-32-21-11-19(25-17(3)28)8-9-20(21)24(30)26(4)13-22(15)31-5/h8-9,11,15-16,18,22H,6-7,10,12-14H2,1-5H3,(H,25,28)/t15-,16+,22-/m0/s1. The first kappa shape index (κ1) is 24.0. The van der Waals surface area contributed by atoms with Gasteiger partial charge in [-0.1, -0.05) is 6.92 Å². The third kappa shape index (κ3) is 6.00. The lowest BCUT2D eigenvalue weighted by molar-refractivity contribution is -0.135. The first-order valence-electron chi connectivity index (χ1n) is 11.3. The van der Waals surface area contributed by atoms with E-state index in [-0.39, 0.29) is 42.4 Å². The van der Waals surface area contributed by atoms with E-state index >= 15 is 0 Å². The van der Waals surface area contributed by atoms with Gasteiger partial charge in [0.2, 0.25) is 11.8 Å². The van der Waals surface area contributed by atoms with Gasteiger partial charge < -0.3 is 24.6 Å². The number of carbonyl (C=O) groups is 3. The van der Waals surface area contributed by atoms with Crippen LogP contribution in [0.5, 0.6) is 5.75 Å². The molecule has 3 rings (SSSR count). The second-order valence-corrected chi connectivity index (χ2v) is 9.18. The second kappa shape index (κ2) is 10.3. The molecule has 0 bridgehead atoms. The molecule has 0 spiro atoms. The fourth-order valence-electron chi connectivity index (χ4n) is 4.09. The topological polar surface area (TPSA) is 88.2 Å². The molecule has 1 heterocycles. The van der Waals surface area contributed by atoms with E-state index in [4.69, 9.17) is 9.47 Å². The van der Waals surface area contributed by atoms with Crippen molar-refractivity contribution in [3.05, 3.63) is 23.8 Å². The monoisotopic (exact) mass is 445 g/mol. The molecule has 1 aliphatic heterocycles. The third-order valence-electron chi connectivity index (χ3n) is 6.25. The molecule has 8 nitrogen and oxygen atoms in total. The van der Waals surface area contributed by atoms with Gasteiger partial charge in [0.1, 0.15) is 12.4 Å². The second-order valence-electron chi connectivity index (χ2n) is 9.18. The third-order valence-corrected chi connectivity index (χ3v) is 6.25. The smallest absolute Gasteiger partial charge is 0.257 e. The summed E-state index contributed by atoms with van der Waals surface area (Å²) in [5.74, 6) is 0.676. The van der Waals surface area contributed by atoms with Crippen LogP contribution >= 0.6 is 0 Å². The van der Waals surface area contributed by atoms with E-state index in [2.05, 4.69) is 12.2 Å². The van der Waals surface area contributed by atoms with Gasteiger partial charge >= 0.3 is 0 Å². The number of benzene rings is 1. The van der Waals surface area contributed by atoms with Crippen LogP contribution in [-0.4, -0.2) is 73.5 Å². The van der Waals surface area contributed by atoms with Crippen LogP contribution < -0.4 is 10.1 Å². The Bertz CT molecular complexity index is 854. The zero-order chi connectivity index (χ0) is 23.4. The summed E-state index contributed by atoms with van der Waals surface area (Å²) >= 11 is 0. The van der Waals surface area contributed by atoms with Crippen molar-refractivity contribution in [2.75, 3.05) is 39.2 Å². The SMILES string of the molecule is CO[C@H]1CN(C)C(=O)c2ccc(NC(C)=O)cc2OC[C@@H](C)N(C(=O)CC2CC2)C[C@@H]1C. The first-order chi connectivity index (χ1) is 15.2. The van der Waals surface area contributed by atoms with Crippen LogP contribution in [-0.2, 0) is 14.3 Å². The summed E-state index contributed by atoms with van der Waals surface area (Å²) in [4.78, 5) is 41.2. The van der Waals surface area contributed by atoms with Crippen LogP contribution in [0.1, 0.15) is 50.4 Å². The highest BCUT2D eigenvalue weighted by Crippen LogP contribution is 2.33. The van der Waals surface area contributed by atoms with Crippen molar-refractivity contribution in [2.24, 2.45) is 11.8 Å². The largest absolute Gasteiger partial charge is 0.491 e. The zero-order valence-electron chi connectivity index (χ0n) is 19.7. The van der Waals surface area contributed by atoms with Crippen LogP contribution in [0.15, 0.2) is 18.2 Å². The molecule has 1 aromatic rings. The van der Waals surface area contributed by atoms with Crippen molar-refractivity contribution in [2.45, 2.75) is 52.2 Å². The number of hydrogen-bond donors (Lipinski definition) is 1. The molecule has 0 unspecified atom stereocenters. The number of anilines is 1. The molecule has 3 atom stereocenters. The Labute approximate surface area is 190 Å². The lowest BCUT2D eigenvalue weighted by Crippen LogP contribution is -2.48. The average molecular weight is 446 g/mol. The minimum absolute atomic E-state index is 0.0434. The van der Waals surface area contributed by atoms with Gasteiger partial charge in [0.25, 0.3) is 5.91 Å². The molecule has 8 heteroatoms.